The fourth-order valence-electron chi connectivity index (χ4n) is 2.24. The van der Waals surface area contributed by atoms with E-state index in [2.05, 4.69) is 19.2 Å². The van der Waals surface area contributed by atoms with Crippen LogP contribution in [-0.4, -0.2) is 17.7 Å². The first-order chi connectivity index (χ1) is 7.24. The summed E-state index contributed by atoms with van der Waals surface area (Å²) in [4.78, 5) is 11.6. The van der Waals surface area contributed by atoms with Crippen molar-refractivity contribution in [3.05, 3.63) is 0 Å². The van der Waals surface area contributed by atoms with Gasteiger partial charge in [-0.3, -0.25) is 0 Å². The number of carbonyl (C=O) groups is 1. The van der Waals surface area contributed by atoms with Crippen LogP contribution in [0.1, 0.15) is 60.3 Å². The number of rotatable bonds is 2. The second-order valence-electron chi connectivity index (χ2n) is 6.25. The lowest BCUT2D eigenvalue weighted by molar-refractivity contribution is 0.0503. The Hall–Kier alpha value is -0.730. The third kappa shape index (κ3) is 4.03. The molecule has 0 aromatic carbocycles. The van der Waals surface area contributed by atoms with E-state index in [4.69, 9.17) is 4.74 Å². The molecule has 1 fully saturated rings. The van der Waals surface area contributed by atoms with Gasteiger partial charge in [-0.05, 0) is 45.4 Å². The van der Waals surface area contributed by atoms with Crippen molar-refractivity contribution in [2.24, 2.45) is 5.41 Å². The quantitative estimate of drug-likeness (QED) is 0.784. The first-order valence-electron chi connectivity index (χ1n) is 6.24. The standard InChI is InChI=1S/C13H25NO2/c1-6-13(5)8-7-10(9-13)14-11(15)16-12(2,3)4/h10H,6-9H2,1-5H3,(H,14,15). The van der Waals surface area contributed by atoms with Crippen LogP contribution < -0.4 is 5.32 Å². The van der Waals surface area contributed by atoms with E-state index in [0.717, 1.165) is 12.8 Å². The van der Waals surface area contributed by atoms with Crippen molar-refractivity contribution in [2.45, 2.75) is 71.9 Å². The average molecular weight is 227 g/mol. The molecule has 2 atom stereocenters. The number of nitrogens with one attached hydrogen (secondary N) is 1. The third-order valence-corrected chi connectivity index (χ3v) is 3.41. The summed E-state index contributed by atoms with van der Waals surface area (Å²) in [5.74, 6) is 0. The Balaban J connectivity index is 2.37. The molecular formula is C13H25NO2. The fourth-order valence-corrected chi connectivity index (χ4v) is 2.24. The van der Waals surface area contributed by atoms with Gasteiger partial charge < -0.3 is 10.1 Å². The minimum Gasteiger partial charge on any atom is -0.444 e. The molecule has 0 bridgehead atoms. The smallest absolute Gasteiger partial charge is 0.407 e. The van der Waals surface area contributed by atoms with Crippen LogP contribution in [0.3, 0.4) is 0 Å². The van der Waals surface area contributed by atoms with Gasteiger partial charge in [0.25, 0.3) is 0 Å². The molecule has 2 unspecified atom stereocenters. The summed E-state index contributed by atoms with van der Waals surface area (Å²) in [6, 6.07) is 0.291. The zero-order valence-corrected chi connectivity index (χ0v) is 11.2. The van der Waals surface area contributed by atoms with E-state index >= 15 is 0 Å². The van der Waals surface area contributed by atoms with E-state index in [0.29, 0.717) is 11.5 Å². The summed E-state index contributed by atoms with van der Waals surface area (Å²) >= 11 is 0. The van der Waals surface area contributed by atoms with Gasteiger partial charge in [0.2, 0.25) is 0 Å². The second kappa shape index (κ2) is 4.64. The largest absolute Gasteiger partial charge is 0.444 e. The number of hydrogen-bond acceptors (Lipinski definition) is 2. The Morgan fingerprint density at radius 3 is 2.56 bits per heavy atom. The number of ether oxygens (including phenoxy) is 1. The summed E-state index contributed by atoms with van der Waals surface area (Å²) in [6.07, 6.45) is 4.24. The van der Waals surface area contributed by atoms with E-state index in [1.165, 1.54) is 12.8 Å². The van der Waals surface area contributed by atoms with Gasteiger partial charge in [-0.25, -0.2) is 4.79 Å². The molecule has 0 radical (unpaired) electrons. The Bertz CT molecular complexity index is 257. The predicted molar refractivity (Wildman–Crippen MR) is 65.4 cm³/mol. The first kappa shape index (κ1) is 13.3. The van der Waals surface area contributed by atoms with E-state index in [9.17, 15) is 4.79 Å². The molecule has 0 heterocycles. The van der Waals surface area contributed by atoms with Gasteiger partial charge in [0, 0.05) is 6.04 Å². The van der Waals surface area contributed by atoms with Crippen LogP contribution in [0.25, 0.3) is 0 Å². The van der Waals surface area contributed by atoms with E-state index in [1.54, 1.807) is 0 Å². The molecule has 94 valence electrons. The number of hydrogen-bond donors (Lipinski definition) is 1. The highest BCUT2D eigenvalue weighted by Crippen LogP contribution is 2.40. The lowest BCUT2D eigenvalue weighted by Gasteiger charge is -2.24. The molecular weight excluding hydrogens is 202 g/mol. The fraction of sp³-hybridized carbons (Fsp3) is 0.923. The van der Waals surface area contributed by atoms with Crippen molar-refractivity contribution in [2.75, 3.05) is 0 Å². The molecule has 0 aromatic rings. The SMILES string of the molecule is CCC1(C)CCC(NC(=O)OC(C)(C)C)C1. The highest BCUT2D eigenvalue weighted by Gasteiger charge is 2.34. The molecule has 1 aliphatic rings. The van der Waals surface area contributed by atoms with Gasteiger partial charge in [-0.15, -0.1) is 0 Å². The lowest BCUT2D eigenvalue weighted by atomic mass is 9.86. The normalized spacial score (nSPS) is 30.2. The highest BCUT2D eigenvalue weighted by molar-refractivity contribution is 5.68. The maximum absolute atomic E-state index is 11.6. The molecule has 0 spiro atoms. The zero-order valence-electron chi connectivity index (χ0n) is 11.2. The average Bonchev–Trinajstić information content (AvgIpc) is 2.45. The van der Waals surface area contributed by atoms with Crippen molar-refractivity contribution in [1.82, 2.24) is 5.32 Å². The van der Waals surface area contributed by atoms with E-state index < -0.39 is 5.60 Å². The molecule has 1 aliphatic carbocycles. The topological polar surface area (TPSA) is 38.3 Å². The van der Waals surface area contributed by atoms with Crippen molar-refractivity contribution < 1.29 is 9.53 Å². The summed E-state index contributed by atoms with van der Waals surface area (Å²) < 4.78 is 5.25. The molecule has 1 amide bonds. The van der Waals surface area contributed by atoms with E-state index in [-0.39, 0.29) is 6.09 Å². The minimum absolute atomic E-state index is 0.280. The van der Waals surface area contributed by atoms with Crippen LogP contribution in [-0.2, 0) is 4.74 Å². The number of alkyl carbamates (subject to hydrolysis) is 1. The molecule has 16 heavy (non-hydrogen) atoms. The van der Waals surface area contributed by atoms with Crippen LogP contribution in [0.2, 0.25) is 0 Å². The number of amides is 1. The number of carbonyl (C=O) groups excluding carboxylic acids is 1. The van der Waals surface area contributed by atoms with Crippen LogP contribution >= 0.6 is 0 Å². The Labute approximate surface area is 98.9 Å². The van der Waals surface area contributed by atoms with Crippen LogP contribution in [0.15, 0.2) is 0 Å². The van der Waals surface area contributed by atoms with Crippen molar-refractivity contribution >= 4 is 6.09 Å². The lowest BCUT2D eigenvalue weighted by Crippen LogP contribution is -2.38. The van der Waals surface area contributed by atoms with Crippen LogP contribution in [0.5, 0.6) is 0 Å². The molecule has 1 N–H and O–H groups in total. The molecule has 1 rings (SSSR count). The maximum atomic E-state index is 11.6. The molecule has 1 saturated carbocycles. The van der Waals surface area contributed by atoms with Gasteiger partial charge in [-0.2, -0.15) is 0 Å². The highest BCUT2D eigenvalue weighted by atomic mass is 16.6. The van der Waals surface area contributed by atoms with Crippen LogP contribution in [0.4, 0.5) is 4.79 Å². The first-order valence-corrected chi connectivity index (χ1v) is 6.24. The Kier molecular flexibility index (Phi) is 3.87. The third-order valence-electron chi connectivity index (χ3n) is 3.41. The van der Waals surface area contributed by atoms with Crippen molar-refractivity contribution in [3.8, 4) is 0 Å². The summed E-state index contributed by atoms with van der Waals surface area (Å²) in [5, 5.41) is 2.96. The Morgan fingerprint density at radius 1 is 1.50 bits per heavy atom. The van der Waals surface area contributed by atoms with Crippen molar-refractivity contribution in [3.63, 3.8) is 0 Å². The summed E-state index contributed by atoms with van der Waals surface area (Å²) in [5.41, 5.74) is -0.00355. The summed E-state index contributed by atoms with van der Waals surface area (Å²) in [7, 11) is 0. The second-order valence-corrected chi connectivity index (χ2v) is 6.25. The molecule has 3 nitrogen and oxygen atoms in total. The van der Waals surface area contributed by atoms with Crippen LogP contribution in [0, 0.1) is 5.41 Å². The van der Waals surface area contributed by atoms with Gasteiger partial charge >= 0.3 is 6.09 Å². The maximum Gasteiger partial charge on any atom is 0.407 e. The summed E-state index contributed by atoms with van der Waals surface area (Å²) in [6.45, 7) is 10.2. The molecule has 0 aromatic heterocycles. The Morgan fingerprint density at radius 2 is 2.12 bits per heavy atom. The van der Waals surface area contributed by atoms with Gasteiger partial charge in [0.05, 0.1) is 0 Å². The monoisotopic (exact) mass is 227 g/mol. The zero-order chi connectivity index (χ0) is 12.4. The minimum atomic E-state index is -0.406. The van der Waals surface area contributed by atoms with Crippen molar-refractivity contribution in [1.29, 1.82) is 0 Å². The predicted octanol–water partition coefficient (Wildman–Crippen LogP) is 3.48. The van der Waals surface area contributed by atoms with E-state index in [1.807, 2.05) is 20.8 Å². The van der Waals surface area contributed by atoms with Gasteiger partial charge in [0.1, 0.15) is 5.60 Å². The molecule has 0 aliphatic heterocycles. The van der Waals surface area contributed by atoms with Gasteiger partial charge in [0.15, 0.2) is 0 Å². The molecule has 3 heteroatoms. The van der Waals surface area contributed by atoms with Gasteiger partial charge in [-0.1, -0.05) is 20.3 Å². The molecule has 0 saturated heterocycles.